The van der Waals surface area contributed by atoms with Crippen LogP contribution < -0.4 is 0 Å². The molecule has 2 aliphatic rings. The molecule has 1 N–H and O–H groups in total. The summed E-state index contributed by atoms with van der Waals surface area (Å²) >= 11 is 0. The van der Waals surface area contributed by atoms with Gasteiger partial charge in [0.2, 0.25) is 0 Å². The lowest BCUT2D eigenvalue weighted by molar-refractivity contribution is -0.138. The predicted molar refractivity (Wildman–Crippen MR) is 92.1 cm³/mol. The van der Waals surface area contributed by atoms with Gasteiger partial charge in [-0.05, 0) is 67.3 Å². The fourth-order valence-corrected chi connectivity index (χ4v) is 5.07. The molecule has 1 saturated carbocycles. The Balaban J connectivity index is 2.22. The molecule has 5 atom stereocenters. The number of hydrogen-bond donors (Lipinski definition) is 1. The number of ketones is 1. The van der Waals surface area contributed by atoms with Crippen LogP contribution in [-0.2, 0) is 9.59 Å². The van der Waals surface area contributed by atoms with E-state index in [0.29, 0.717) is 18.3 Å². The zero-order chi connectivity index (χ0) is 17.4. The van der Waals surface area contributed by atoms with E-state index in [1.165, 1.54) is 12.0 Å². The van der Waals surface area contributed by atoms with Gasteiger partial charge in [0.1, 0.15) is 0 Å². The molecule has 0 aromatic rings. The Morgan fingerprint density at radius 2 is 2.09 bits per heavy atom. The first kappa shape index (κ1) is 18.2. The lowest BCUT2D eigenvalue weighted by Crippen LogP contribution is -2.51. The number of carboxylic acids is 1. The molecule has 3 heteroatoms. The third-order valence-electron chi connectivity index (χ3n) is 7.17. The molecule has 2 aliphatic carbocycles. The maximum atomic E-state index is 12.2. The van der Waals surface area contributed by atoms with Gasteiger partial charge in [-0.2, -0.15) is 0 Å². The Bertz CT molecular complexity index is 521. The molecule has 2 unspecified atom stereocenters. The molecule has 0 heterocycles. The van der Waals surface area contributed by atoms with E-state index in [-0.39, 0.29) is 29.0 Å². The van der Waals surface area contributed by atoms with Crippen LogP contribution in [0.3, 0.4) is 0 Å². The SMILES string of the molecule is CC1=CC(=O)CC2[C@@]1(C)CC[C@@H](C)[C@]2(C)CCC(C)CC(=O)O. The van der Waals surface area contributed by atoms with Crippen molar-refractivity contribution in [1.82, 2.24) is 0 Å². The summed E-state index contributed by atoms with van der Waals surface area (Å²) in [5.41, 5.74) is 1.49. The number of carboxylic acid groups (broad SMARTS) is 1. The number of carbonyl (C=O) groups excluding carboxylic acids is 1. The summed E-state index contributed by atoms with van der Waals surface area (Å²) in [6, 6.07) is 0. The molecule has 0 aromatic heterocycles. The van der Waals surface area contributed by atoms with Crippen LogP contribution in [0.15, 0.2) is 11.6 Å². The van der Waals surface area contributed by atoms with Gasteiger partial charge in [-0.25, -0.2) is 0 Å². The maximum Gasteiger partial charge on any atom is 0.303 e. The molecular formula is C20H32O3. The number of fused-ring (bicyclic) bond motifs is 1. The van der Waals surface area contributed by atoms with Gasteiger partial charge in [0.25, 0.3) is 0 Å². The summed E-state index contributed by atoms with van der Waals surface area (Å²) in [5.74, 6) is 0.713. The smallest absolute Gasteiger partial charge is 0.303 e. The molecule has 23 heavy (non-hydrogen) atoms. The molecule has 1 fully saturated rings. The van der Waals surface area contributed by atoms with E-state index in [1.807, 2.05) is 13.0 Å². The van der Waals surface area contributed by atoms with Crippen molar-refractivity contribution in [2.24, 2.45) is 28.6 Å². The number of allylic oxidation sites excluding steroid dienone is 2. The number of hydrogen-bond acceptors (Lipinski definition) is 2. The van der Waals surface area contributed by atoms with E-state index in [1.54, 1.807) is 0 Å². The van der Waals surface area contributed by atoms with Gasteiger partial charge >= 0.3 is 5.97 Å². The fourth-order valence-electron chi connectivity index (χ4n) is 5.07. The standard InChI is InChI=1S/C20H32O3/c1-13(10-18(22)23)6-8-19(4)14(2)7-9-20(5)15(3)11-16(21)12-17(19)20/h11,13-14,17H,6-10,12H2,1-5H3,(H,22,23)/t13?,14-,17?,19+,20+/m1/s1. The van der Waals surface area contributed by atoms with Crippen LogP contribution in [-0.4, -0.2) is 16.9 Å². The molecule has 0 amide bonds. The average molecular weight is 320 g/mol. The normalized spacial score (nSPS) is 38.7. The van der Waals surface area contributed by atoms with Crippen molar-refractivity contribution in [3.8, 4) is 0 Å². The van der Waals surface area contributed by atoms with Gasteiger partial charge in [-0.15, -0.1) is 0 Å². The summed E-state index contributed by atoms with van der Waals surface area (Å²) in [4.78, 5) is 23.1. The van der Waals surface area contributed by atoms with Crippen molar-refractivity contribution < 1.29 is 14.7 Å². The van der Waals surface area contributed by atoms with Gasteiger partial charge in [0.15, 0.2) is 5.78 Å². The predicted octanol–water partition coefficient (Wildman–Crippen LogP) is 4.86. The molecule has 3 nitrogen and oxygen atoms in total. The monoisotopic (exact) mass is 320 g/mol. The van der Waals surface area contributed by atoms with Crippen LogP contribution in [0, 0.1) is 28.6 Å². The lowest BCUT2D eigenvalue weighted by atomic mass is 9.46. The summed E-state index contributed by atoms with van der Waals surface area (Å²) in [6.07, 6.45) is 7.05. The van der Waals surface area contributed by atoms with Crippen molar-refractivity contribution in [3.05, 3.63) is 11.6 Å². The molecule has 130 valence electrons. The first-order valence-electron chi connectivity index (χ1n) is 9.03. The highest BCUT2D eigenvalue weighted by Crippen LogP contribution is 2.61. The summed E-state index contributed by atoms with van der Waals surface area (Å²) in [7, 11) is 0. The number of aliphatic carboxylic acids is 1. The number of carbonyl (C=O) groups is 2. The highest BCUT2D eigenvalue weighted by atomic mass is 16.4. The van der Waals surface area contributed by atoms with Crippen LogP contribution in [0.25, 0.3) is 0 Å². The second-order valence-corrected chi connectivity index (χ2v) is 8.66. The molecule has 0 saturated heterocycles. The van der Waals surface area contributed by atoms with Crippen LogP contribution in [0.2, 0.25) is 0 Å². The largest absolute Gasteiger partial charge is 0.481 e. The second-order valence-electron chi connectivity index (χ2n) is 8.66. The molecule has 0 aliphatic heterocycles. The molecule has 0 aromatic carbocycles. The highest BCUT2D eigenvalue weighted by molar-refractivity contribution is 5.92. The van der Waals surface area contributed by atoms with E-state index in [4.69, 9.17) is 5.11 Å². The first-order valence-corrected chi connectivity index (χ1v) is 9.03. The quantitative estimate of drug-likeness (QED) is 0.787. The molecule has 0 radical (unpaired) electrons. The van der Waals surface area contributed by atoms with E-state index >= 15 is 0 Å². The van der Waals surface area contributed by atoms with E-state index in [2.05, 4.69) is 27.7 Å². The first-order chi connectivity index (χ1) is 10.6. The van der Waals surface area contributed by atoms with Crippen LogP contribution in [0.1, 0.15) is 73.1 Å². The minimum Gasteiger partial charge on any atom is -0.481 e. The van der Waals surface area contributed by atoms with E-state index in [9.17, 15) is 9.59 Å². The van der Waals surface area contributed by atoms with Crippen LogP contribution >= 0.6 is 0 Å². The van der Waals surface area contributed by atoms with E-state index in [0.717, 1.165) is 19.3 Å². The molecule has 0 spiro atoms. The minimum atomic E-state index is -0.712. The minimum absolute atomic E-state index is 0.116. The zero-order valence-corrected chi connectivity index (χ0v) is 15.3. The Morgan fingerprint density at radius 3 is 2.70 bits per heavy atom. The van der Waals surface area contributed by atoms with E-state index < -0.39 is 5.97 Å². The van der Waals surface area contributed by atoms with Crippen molar-refractivity contribution in [2.45, 2.75) is 73.1 Å². The van der Waals surface area contributed by atoms with Gasteiger partial charge in [0.05, 0.1) is 0 Å². The average Bonchev–Trinajstić information content (AvgIpc) is 2.44. The summed E-state index contributed by atoms with van der Waals surface area (Å²) in [6.45, 7) is 11.1. The molecule has 0 bridgehead atoms. The molecular weight excluding hydrogens is 288 g/mol. The third-order valence-corrected chi connectivity index (χ3v) is 7.17. The summed E-state index contributed by atoms with van der Waals surface area (Å²) in [5, 5.41) is 8.98. The van der Waals surface area contributed by atoms with Crippen molar-refractivity contribution >= 4 is 11.8 Å². The van der Waals surface area contributed by atoms with Gasteiger partial charge in [-0.1, -0.05) is 33.3 Å². The van der Waals surface area contributed by atoms with Crippen LogP contribution in [0.4, 0.5) is 0 Å². The summed E-state index contributed by atoms with van der Waals surface area (Å²) < 4.78 is 0. The highest BCUT2D eigenvalue weighted by Gasteiger charge is 2.54. The van der Waals surface area contributed by atoms with Gasteiger partial charge in [0, 0.05) is 12.8 Å². The van der Waals surface area contributed by atoms with Gasteiger partial charge in [-0.3, -0.25) is 9.59 Å². The lowest BCUT2D eigenvalue weighted by Gasteiger charge is -2.57. The van der Waals surface area contributed by atoms with Gasteiger partial charge < -0.3 is 5.11 Å². The molecule has 2 rings (SSSR count). The van der Waals surface area contributed by atoms with Crippen molar-refractivity contribution in [3.63, 3.8) is 0 Å². The second kappa shape index (κ2) is 6.41. The van der Waals surface area contributed by atoms with Crippen molar-refractivity contribution in [2.75, 3.05) is 0 Å². The zero-order valence-electron chi connectivity index (χ0n) is 15.3. The maximum absolute atomic E-state index is 12.2. The van der Waals surface area contributed by atoms with Crippen molar-refractivity contribution in [1.29, 1.82) is 0 Å². The number of rotatable bonds is 5. The fraction of sp³-hybridized carbons (Fsp3) is 0.800. The topological polar surface area (TPSA) is 54.4 Å². The Hall–Kier alpha value is -1.12. The van der Waals surface area contributed by atoms with Crippen LogP contribution in [0.5, 0.6) is 0 Å². The Morgan fingerprint density at radius 1 is 1.43 bits per heavy atom. The Kier molecular flexibility index (Phi) is 5.08. The Labute approximate surface area is 140 Å². The third kappa shape index (κ3) is 3.39.